The second-order valence-corrected chi connectivity index (χ2v) is 7.27. The maximum absolute atomic E-state index is 12.7. The number of benzene rings is 1. The molecule has 1 fully saturated rings. The molecular formula is C13H18N2O5S. The van der Waals surface area contributed by atoms with Crippen molar-refractivity contribution in [1.82, 2.24) is 4.31 Å². The molecule has 0 bridgehead atoms. The van der Waals surface area contributed by atoms with E-state index in [9.17, 15) is 23.6 Å². The first-order valence-corrected chi connectivity index (χ1v) is 8.18. The molecule has 116 valence electrons. The lowest BCUT2D eigenvalue weighted by Crippen LogP contribution is -2.45. The molecule has 8 heteroatoms. The van der Waals surface area contributed by atoms with Crippen molar-refractivity contribution in [3.05, 3.63) is 28.3 Å². The third-order valence-corrected chi connectivity index (χ3v) is 6.05. The van der Waals surface area contributed by atoms with Crippen LogP contribution in [0.5, 0.6) is 5.75 Å². The molecule has 0 aliphatic carbocycles. The number of phenols is 1. The van der Waals surface area contributed by atoms with Crippen LogP contribution in [0, 0.1) is 16.0 Å². The van der Waals surface area contributed by atoms with Gasteiger partial charge < -0.3 is 5.11 Å². The van der Waals surface area contributed by atoms with Gasteiger partial charge in [0.1, 0.15) is 0 Å². The van der Waals surface area contributed by atoms with Gasteiger partial charge in [-0.25, -0.2) is 8.42 Å². The van der Waals surface area contributed by atoms with Gasteiger partial charge in [0.25, 0.3) is 0 Å². The van der Waals surface area contributed by atoms with Gasteiger partial charge in [-0.15, -0.1) is 0 Å². The summed E-state index contributed by atoms with van der Waals surface area (Å²) in [5, 5.41) is 20.3. The van der Waals surface area contributed by atoms with Crippen LogP contribution in [-0.4, -0.2) is 35.3 Å². The average Bonchev–Trinajstić information content (AvgIpc) is 2.41. The molecule has 2 rings (SSSR count). The Morgan fingerprint density at radius 2 is 2.05 bits per heavy atom. The summed E-state index contributed by atoms with van der Waals surface area (Å²) in [6.45, 7) is 4.24. The maximum Gasteiger partial charge on any atom is 0.312 e. The number of nitro groups is 1. The van der Waals surface area contributed by atoms with Crippen molar-refractivity contribution in [2.75, 3.05) is 6.54 Å². The summed E-state index contributed by atoms with van der Waals surface area (Å²) < 4.78 is 26.7. The number of piperidine rings is 1. The Morgan fingerprint density at radius 1 is 1.38 bits per heavy atom. The first-order chi connectivity index (χ1) is 9.75. The molecule has 1 saturated heterocycles. The molecule has 1 aromatic rings. The lowest BCUT2D eigenvalue weighted by Gasteiger charge is -2.36. The molecule has 0 radical (unpaired) electrons. The third-order valence-electron chi connectivity index (χ3n) is 4.07. The minimum Gasteiger partial charge on any atom is -0.502 e. The van der Waals surface area contributed by atoms with Crippen LogP contribution in [0.3, 0.4) is 0 Å². The van der Waals surface area contributed by atoms with Crippen molar-refractivity contribution in [3.8, 4) is 5.75 Å². The van der Waals surface area contributed by atoms with Crippen molar-refractivity contribution in [3.63, 3.8) is 0 Å². The van der Waals surface area contributed by atoms with Gasteiger partial charge in [-0.2, -0.15) is 4.31 Å². The summed E-state index contributed by atoms with van der Waals surface area (Å²) >= 11 is 0. The fraction of sp³-hybridized carbons (Fsp3) is 0.538. The van der Waals surface area contributed by atoms with Gasteiger partial charge in [-0.05, 0) is 37.8 Å². The van der Waals surface area contributed by atoms with Crippen molar-refractivity contribution >= 4 is 15.7 Å². The minimum absolute atomic E-state index is 0.156. The highest BCUT2D eigenvalue weighted by atomic mass is 32.2. The van der Waals surface area contributed by atoms with E-state index in [4.69, 9.17) is 0 Å². The van der Waals surface area contributed by atoms with Crippen LogP contribution in [-0.2, 0) is 10.0 Å². The number of aromatic hydroxyl groups is 1. The Bertz CT molecular complexity index is 659. The number of nitro benzene ring substituents is 1. The largest absolute Gasteiger partial charge is 0.502 e. The van der Waals surface area contributed by atoms with Gasteiger partial charge in [-0.3, -0.25) is 10.1 Å². The number of hydrogen-bond acceptors (Lipinski definition) is 5. The predicted octanol–water partition coefficient (Wildman–Crippen LogP) is 2.11. The maximum atomic E-state index is 12.7. The average molecular weight is 314 g/mol. The molecule has 1 aromatic carbocycles. The smallest absolute Gasteiger partial charge is 0.312 e. The number of sulfonamides is 1. The molecule has 2 atom stereocenters. The highest BCUT2D eigenvalue weighted by Crippen LogP contribution is 2.33. The fourth-order valence-corrected chi connectivity index (χ4v) is 4.37. The molecule has 7 nitrogen and oxygen atoms in total. The van der Waals surface area contributed by atoms with Gasteiger partial charge in [0.15, 0.2) is 5.75 Å². The van der Waals surface area contributed by atoms with E-state index in [0.717, 1.165) is 25.0 Å². The van der Waals surface area contributed by atoms with Crippen LogP contribution in [0.25, 0.3) is 0 Å². The lowest BCUT2D eigenvalue weighted by molar-refractivity contribution is -0.386. The van der Waals surface area contributed by atoms with Crippen molar-refractivity contribution in [2.24, 2.45) is 5.92 Å². The van der Waals surface area contributed by atoms with Crippen molar-refractivity contribution in [2.45, 2.75) is 37.6 Å². The lowest BCUT2D eigenvalue weighted by atomic mass is 9.94. The SMILES string of the molecule is CC1CCCN(S(=O)(=O)c2ccc(O)c([N+](=O)[O-])c2)C1C. The van der Waals surface area contributed by atoms with Crippen LogP contribution < -0.4 is 0 Å². The first kappa shape index (κ1) is 15.7. The third kappa shape index (κ3) is 2.86. The van der Waals surface area contributed by atoms with E-state index in [1.54, 1.807) is 0 Å². The monoisotopic (exact) mass is 314 g/mol. The number of rotatable bonds is 3. The molecule has 1 aliphatic rings. The van der Waals surface area contributed by atoms with E-state index in [2.05, 4.69) is 0 Å². The standard InChI is InChI=1S/C13H18N2O5S/c1-9-4-3-7-14(10(9)2)21(19,20)11-5-6-13(16)12(8-11)15(17)18/h5-6,8-10,16H,3-4,7H2,1-2H3. The van der Waals surface area contributed by atoms with Crippen LogP contribution in [0.1, 0.15) is 26.7 Å². The highest BCUT2D eigenvalue weighted by molar-refractivity contribution is 7.89. The Labute approximate surface area is 123 Å². The number of hydrogen-bond donors (Lipinski definition) is 1. The molecule has 1 aliphatic heterocycles. The molecule has 0 spiro atoms. The zero-order chi connectivity index (χ0) is 15.8. The van der Waals surface area contributed by atoms with E-state index in [-0.39, 0.29) is 16.9 Å². The number of phenolic OH excluding ortho intramolecular Hbond substituents is 1. The first-order valence-electron chi connectivity index (χ1n) is 6.74. The quantitative estimate of drug-likeness (QED) is 0.680. The second kappa shape index (κ2) is 5.61. The number of nitrogens with zero attached hydrogens (tertiary/aromatic N) is 2. The second-order valence-electron chi connectivity index (χ2n) is 5.38. The summed E-state index contributed by atoms with van der Waals surface area (Å²) in [6, 6.07) is 3.00. The highest BCUT2D eigenvalue weighted by Gasteiger charge is 2.35. The molecular weight excluding hydrogens is 296 g/mol. The zero-order valence-electron chi connectivity index (χ0n) is 11.9. The molecule has 0 aromatic heterocycles. The summed E-state index contributed by atoms with van der Waals surface area (Å²) in [7, 11) is -3.80. The van der Waals surface area contributed by atoms with Crippen molar-refractivity contribution < 1.29 is 18.4 Å². The van der Waals surface area contributed by atoms with Gasteiger partial charge in [0.05, 0.1) is 9.82 Å². The van der Waals surface area contributed by atoms with Crippen LogP contribution in [0.2, 0.25) is 0 Å². The van der Waals surface area contributed by atoms with E-state index >= 15 is 0 Å². The normalized spacial score (nSPS) is 23.9. The summed E-state index contributed by atoms with van der Waals surface area (Å²) in [5.74, 6) is -0.306. The topological polar surface area (TPSA) is 101 Å². The van der Waals surface area contributed by atoms with Gasteiger partial charge in [-0.1, -0.05) is 6.92 Å². The van der Waals surface area contributed by atoms with E-state index < -0.39 is 26.4 Å². The minimum atomic E-state index is -3.80. The van der Waals surface area contributed by atoms with Crippen molar-refractivity contribution in [1.29, 1.82) is 0 Å². The van der Waals surface area contributed by atoms with E-state index in [1.165, 1.54) is 10.4 Å². The van der Waals surface area contributed by atoms with Crippen LogP contribution >= 0.6 is 0 Å². The van der Waals surface area contributed by atoms with Crippen LogP contribution in [0.15, 0.2) is 23.1 Å². The molecule has 2 unspecified atom stereocenters. The Balaban J connectivity index is 2.44. The Morgan fingerprint density at radius 3 is 2.67 bits per heavy atom. The predicted molar refractivity (Wildman–Crippen MR) is 76.5 cm³/mol. The van der Waals surface area contributed by atoms with E-state index in [0.29, 0.717) is 6.54 Å². The van der Waals surface area contributed by atoms with E-state index in [1.807, 2.05) is 13.8 Å². The summed E-state index contributed by atoms with van der Waals surface area (Å²) in [5.41, 5.74) is -0.603. The van der Waals surface area contributed by atoms with Crippen LogP contribution in [0.4, 0.5) is 5.69 Å². The zero-order valence-corrected chi connectivity index (χ0v) is 12.7. The molecule has 1 N–H and O–H groups in total. The fourth-order valence-electron chi connectivity index (χ4n) is 2.58. The molecule has 1 heterocycles. The summed E-state index contributed by atoms with van der Waals surface area (Å²) in [4.78, 5) is 9.88. The summed E-state index contributed by atoms with van der Waals surface area (Å²) in [6.07, 6.45) is 1.73. The van der Waals surface area contributed by atoms with Gasteiger partial charge in [0, 0.05) is 18.7 Å². The molecule has 0 amide bonds. The molecule has 0 saturated carbocycles. The Kier molecular flexibility index (Phi) is 4.20. The van der Waals surface area contributed by atoms with Gasteiger partial charge >= 0.3 is 5.69 Å². The van der Waals surface area contributed by atoms with Gasteiger partial charge in [0.2, 0.25) is 10.0 Å². The molecule has 21 heavy (non-hydrogen) atoms. The Hall–Kier alpha value is -1.67.